The molecule has 0 amide bonds. The molecule has 4 nitrogen and oxygen atoms in total. The fourth-order valence-corrected chi connectivity index (χ4v) is 2.58. The van der Waals surface area contributed by atoms with Gasteiger partial charge in [0.15, 0.2) is 0 Å². The van der Waals surface area contributed by atoms with Crippen molar-refractivity contribution in [3.8, 4) is 0 Å². The normalized spacial score (nSPS) is 11.9. The minimum atomic E-state index is -0.344. The molecule has 0 N–H and O–H groups in total. The van der Waals surface area contributed by atoms with E-state index in [0.717, 1.165) is 6.42 Å². The summed E-state index contributed by atoms with van der Waals surface area (Å²) in [4.78, 5) is 23.3. The van der Waals surface area contributed by atoms with Crippen LogP contribution in [0, 0.1) is 0 Å². The molecule has 0 aliphatic heterocycles. The number of esters is 2. The first kappa shape index (κ1) is 25.2. The summed E-state index contributed by atoms with van der Waals surface area (Å²) >= 11 is 0. The molecular weight excluding hydrogens is 340 g/mol. The first-order valence-electron chi connectivity index (χ1n) is 10.4. The lowest BCUT2D eigenvalue weighted by atomic mass is 10.1. The Balaban J connectivity index is 3.56. The van der Waals surface area contributed by atoms with Crippen molar-refractivity contribution in [2.24, 2.45) is 0 Å². The molecule has 0 rings (SSSR count). The van der Waals surface area contributed by atoms with Crippen LogP contribution < -0.4 is 0 Å². The highest BCUT2D eigenvalue weighted by atomic mass is 16.5. The van der Waals surface area contributed by atoms with Crippen LogP contribution in [-0.4, -0.2) is 24.6 Å². The molecule has 0 aliphatic rings. The number of carbonyl (C=O) groups excluding carboxylic acids is 2. The molecule has 0 spiro atoms. The minimum Gasteiger partial charge on any atom is -0.461 e. The summed E-state index contributed by atoms with van der Waals surface area (Å²) in [5.74, 6) is -0.612. The monoisotopic (exact) mass is 378 g/mol. The second-order valence-corrected chi connectivity index (χ2v) is 6.71. The zero-order valence-electron chi connectivity index (χ0n) is 17.1. The fourth-order valence-electron chi connectivity index (χ4n) is 2.58. The Morgan fingerprint density at radius 3 is 2.22 bits per heavy atom. The maximum absolute atomic E-state index is 11.7. The number of carbonyl (C=O) groups is 2. The van der Waals surface area contributed by atoms with Crippen molar-refractivity contribution < 1.29 is 19.1 Å². The molecule has 0 radical (unpaired) electrons. The van der Waals surface area contributed by atoms with Crippen LogP contribution in [-0.2, 0) is 19.1 Å². The SMILES string of the molecule is C=CCC(C=C)OC(=O)CCCC(=O)OC/C=C/CCCCCCCCC. The van der Waals surface area contributed by atoms with E-state index in [2.05, 4.69) is 26.2 Å². The number of ether oxygens (including phenoxy) is 2. The number of unbranched alkanes of at least 4 members (excludes halogenated alkanes) is 7. The summed E-state index contributed by atoms with van der Waals surface area (Å²) in [6, 6.07) is 0. The van der Waals surface area contributed by atoms with Crippen molar-refractivity contribution in [2.75, 3.05) is 6.61 Å². The van der Waals surface area contributed by atoms with Gasteiger partial charge in [0.05, 0.1) is 0 Å². The summed E-state index contributed by atoms with van der Waals surface area (Å²) in [6.45, 7) is 9.76. The Labute approximate surface area is 165 Å². The average Bonchev–Trinajstić information content (AvgIpc) is 2.65. The molecular formula is C23H38O4. The van der Waals surface area contributed by atoms with Crippen molar-refractivity contribution in [1.82, 2.24) is 0 Å². The molecule has 0 bridgehead atoms. The smallest absolute Gasteiger partial charge is 0.306 e. The van der Waals surface area contributed by atoms with Crippen LogP contribution in [0.1, 0.15) is 84.0 Å². The van der Waals surface area contributed by atoms with Gasteiger partial charge in [-0.25, -0.2) is 0 Å². The molecule has 0 aromatic carbocycles. The molecule has 154 valence electrons. The van der Waals surface area contributed by atoms with E-state index < -0.39 is 0 Å². The zero-order valence-corrected chi connectivity index (χ0v) is 17.1. The highest BCUT2D eigenvalue weighted by Gasteiger charge is 2.11. The molecule has 0 saturated carbocycles. The molecule has 1 unspecified atom stereocenters. The van der Waals surface area contributed by atoms with Gasteiger partial charge in [0.25, 0.3) is 0 Å². The van der Waals surface area contributed by atoms with Crippen LogP contribution in [0.5, 0.6) is 0 Å². The summed E-state index contributed by atoms with van der Waals surface area (Å²) < 4.78 is 10.3. The van der Waals surface area contributed by atoms with Gasteiger partial charge < -0.3 is 9.47 Å². The Hall–Kier alpha value is -1.84. The molecule has 0 aromatic rings. The minimum absolute atomic E-state index is 0.199. The lowest BCUT2D eigenvalue weighted by molar-refractivity contribution is -0.147. The molecule has 4 heteroatoms. The Morgan fingerprint density at radius 2 is 1.56 bits per heavy atom. The third-order valence-electron chi connectivity index (χ3n) is 4.19. The third-order valence-corrected chi connectivity index (χ3v) is 4.19. The molecule has 0 fully saturated rings. The van der Waals surface area contributed by atoms with E-state index in [1.807, 2.05) is 6.08 Å². The van der Waals surface area contributed by atoms with Gasteiger partial charge in [-0.1, -0.05) is 76.3 Å². The quantitative estimate of drug-likeness (QED) is 0.165. The lowest BCUT2D eigenvalue weighted by Crippen LogP contribution is -2.15. The second-order valence-electron chi connectivity index (χ2n) is 6.71. The largest absolute Gasteiger partial charge is 0.461 e. The van der Waals surface area contributed by atoms with Crippen LogP contribution >= 0.6 is 0 Å². The van der Waals surface area contributed by atoms with E-state index in [0.29, 0.717) is 19.4 Å². The van der Waals surface area contributed by atoms with Gasteiger partial charge in [0, 0.05) is 19.3 Å². The molecule has 0 aromatic heterocycles. The van der Waals surface area contributed by atoms with Crippen molar-refractivity contribution in [2.45, 2.75) is 90.1 Å². The Kier molecular flexibility index (Phi) is 17.6. The topological polar surface area (TPSA) is 52.6 Å². The maximum Gasteiger partial charge on any atom is 0.306 e. The molecule has 0 aliphatic carbocycles. The van der Waals surface area contributed by atoms with Crippen LogP contribution in [0.15, 0.2) is 37.5 Å². The van der Waals surface area contributed by atoms with E-state index in [4.69, 9.17) is 9.47 Å². The van der Waals surface area contributed by atoms with E-state index in [1.165, 1.54) is 44.9 Å². The first-order chi connectivity index (χ1) is 13.1. The van der Waals surface area contributed by atoms with Crippen molar-refractivity contribution in [3.05, 3.63) is 37.5 Å². The van der Waals surface area contributed by atoms with E-state index in [1.54, 1.807) is 12.2 Å². The lowest BCUT2D eigenvalue weighted by Gasteiger charge is -2.11. The molecule has 0 heterocycles. The predicted octanol–water partition coefficient (Wildman–Crippen LogP) is 6.07. The zero-order chi connectivity index (χ0) is 20.2. The first-order valence-corrected chi connectivity index (χ1v) is 10.4. The van der Waals surface area contributed by atoms with Gasteiger partial charge in [-0.15, -0.1) is 6.58 Å². The molecule has 0 saturated heterocycles. The maximum atomic E-state index is 11.7. The highest BCUT2D eigenvalue weighted by Crippen LogP contribution is 2.09. The van der Waals surface area contributed by atoms with Crippen molar-refractivity contribution in [1.29, 1.82) is 0 Å². The summed E-state index contributed by atoms with van der Waals surface area (Å²) in [5, 5.41) is 0. The summed E-state index contributed by atoms with van der Waals surface area (Å²) in [6.07, 6.45) is 18.4. The number of rotatable bonds is 18. The van der Waals surface area contributed by atoms with Gasteiger partial charge in [0.2, 0.25) is 0 Å². The Morgan fingerprint density at radius 1 is 0.889 bits per heavy atom. The highest BCUT2D eigenvalue weighted by molar-refractivity contribution is 5.72. The van der Waals surface area contributed by atoms with Gasteiger partial charge in [0.1, 0.15) is 12.7 Å². The fraction of sp³-hybridized carbons (Fsp3) is 0.652. The van der Waals surface area contributed by atoms with Crippen LogP contribution in [0.4, 0.5) is 0 Å². The van der Waals surface area contributed by atoms with Crippen molar-refractivity contribution in [3.63, 3.8) is 0 Å². The van der Waals surface area contributed by atoms with Gasteiger partial charge >= 0.3 is 11.9 Å². The Bertz CT molecular complexity index is 440. The van der Waals surface area contributed by atoms with Crippen LogP contribution in [0.25, 0.3) is 0 Å². The molecule has 27 heavy (non-hydrogen) atoms. The number of hydrogen-bond donors (Lipinski definition) is 0. The van der Waals surface area contributed by atoms with Gasteiger partial charge in [-0.05, 0) is 19.3 Å². The number of hydrogen-bond acceptors (Lipinski definition) is 4. The summed E-state index contributed by atoms with van der Waals surface area (Å²) in [5.41, 5.74) is 0. The van der Waals surface area contributed by atoms with E-state index in [9.17, 15) is 9.59 Å². The molecule has 1 atom stereocenters. The number of allylic oxidation sites excluding steroid dienone is 1. The predicted molar refractivity (Wildman–Crippen MR) is 111 cm³/mol. The van der Waals surface area contributed by atoms with Crippen LogP contribution in [0.2, 0.25) is 0 Å². The van der Waals surface area contributed by atoms with Gasteiger partial charge in [-0.2, -0.15) is 0 Å². The summed E-state index contributed by atoms with van der Waals surface area (Å²) in [7, 11) is 0. The third kappa shape index (κ3) is 17.3. The van der Waals surface area contributed by atoms with Gasteiger partial charge in [-0.3, -0.25) is 9.59 Å². The van der Waals surface area contributed by atoms with E-state index in [-0.39, 0.29) is 30.9 Å². The van der Waals surface area contributed by atoms with Crippen LogP contribution in [0.3, 0.4) is 0 Å². The second kappa shape index (κ2) is 18.9. The average molecular weight is 379 g/mol. The van der Waals surface area contributed by atoms with E-state index >= 15 is 0 Å². The standard InChI is InChI=1S/C23H38O4/c1-4-7-8-9-10-11-12-13-14-15-20-26-22(24)18-16-19-23(25)27-21(6-3)17-5-2/h5-6,14-15,21H,2-4,7-13,16-20H2,1H3/b15-14+. The van der Waals surface area contributed by atoms with Crippen molar-refractivity contribution >= 4 is 11.9 Å².